The highest BCUT2D eigenvalue weighted by Gasteiger charge is 2.09. The van der Waals surface area contributed by atoms with Gasteiger partial charge in [0.05, 0.1) is 13.2 Å². The predicted molar refractivity (Wildman–Crippen MR) is 79.4 cm³/mol. The molecule has 0 saturated carbocycles. The second-order valence-corrected chi connectivity index (χ2v) is 4.61. The number of rotatable bonds is 8. The van der Waals surface area contributed by atoms with Crippen molar-refractivity contribution in [2.75, 3.05) is 43.9 Å². The minimum atomic E-state index is -0.112. The normalized spacial score (nSPS) is 10.8. The fourth-order valence-corrected chi connectivity index (χ4v) is 1.88. The summed E-state index contributed by atoms with van der Waals surface area (Å²) in [6, 6.07) is 5.39. The Morgan fingerprint density at radius 1 is 1.25 bits per heavy atom. The molecule has 20 heavy (non-hydrogen) atoms. The van der Waals surface area contributed by atoms with Gasteiger partial charge in [0.15, 0.2) is 0 Å². The molecule has 0 saturated heterocycles. The van der Waals surface area contributed by atoms with Crippen molar-refractivity contribution >= 4 is 17.3 Å². The standard InChI is InChI=1S/C14H23N3O3/c1-11-12(15)3-2-4-13(11)16-14(20)5-6-17(7-9-18)8-10-19/h2-4,18-19H,5-10,15H2,1H3,(H,16,20). The first-order valence-electron chi connectivity index (χ1n) is 6.67. The Bertz CT molecular complexity index is 432. The van der Waals surface area contributed by atoms with Crippen LogP contribution in [0.3, 0.4) is 0 Å². The van der Waals surface area contributed by atoms with Gasteiger partial charge in [-0.25, -0.2) is 0 Å². The Labute approximate surface area is 119 Å². The van der Waals surface area contributed by atoms with Crippen LogP contribution in [0.5, 0.6) is 0 Å². The van der Waals surface area contributed by atoms with Crippen molar-refractivity contribution in [3.8, 4) is 0 Å². The quantitative estimate of drug-likeness (QED) is 0.510. The largest absolute Gasteiger partial charge is 0.398 e. The Balaban J connectivity index is 2.48. The third kappa shape index (κ3) is 5.16. The number of nitrogens with zero attached hydrogens (tertiary/aromatic N) is 1. The van der Waals surface area contributed by atoms with Crippen molar-refractivity contribution in [1.29, 1.82) is 0 Å². The van der Waals surface area contributed by atoms with Gasteiger partial charge < -0.3 is 21.3 Å². The number of amides is 1. The molecule has 0 fully saturated rings. The number of aliphatic hydroxyl groups excluding tert-OH is 2. The molecule has 1 rings (SSSR count). The van der Waals surface area contributed by atoms with E-state index in [-0.39, 0.29) is 19.1 Å². The highest BCUT2D eigenvalue weighted by molar-refractivity contribution is 5.92. The molecule has 0 spiro atoms. The Hall–Kier alpha value is -1.63. The summed E-state index contributed by atoms with van der Waals surface area (Å²) in [5.41, 5.74) is 7.99. The summed E-state index contributed by atoms with van der Waals surface area (Å²) in [4.78, 5) is 13.7. The van der Waals surface area contributed by atoms with Gasteiger partial charge in [-0.15, -0.1) is 0 Å². The summed E-state index contributed by atoms with van der Waals surface area (Å²) >= 11 is 0. The third-order valence-electron chi connectivity index (χ3n) is 3.14. The number of hydrogen-bond acceptors (Lipinski definition) is 5. The molecule has 1 amide bonds. The molecule has 0 aromatic heterocycles. The molecule has 112 valence electrons. The summed E-state index contributed by atoms with van der Waals surface area (Å²) in [5.74, 6) is -0.112. The second-order valence-electron chi connectivity index (χ2n) is 4.61. The average Bonchev–Trinajstić information content (AvgIpc) is 2.42. The molecule has 0 aliphatic carbocycles. The van der Waals surface area contributed by atoms with Crippen LogP contribution in [0, 0.1) is 6.92 Å². The van der Waals surface area contributed by atoms with Crippen LogP contribution < -0.4 is 11.1 Å². The minimum Gasteiger partial charge on any atom is -0.398 e. The number of nitrogens with two attached hydrogens (primary N) is 1. The molecular weight excluding hydrogens is 258 g/mol. The van der Waals surface area contributed by atoms with Gasteiger partial charge in [0.2, 0.25) is 5.91 Å². The number of aliphatic hydroxyl groups is 2. The third-order valence-corrected chi connectivity index (χ3v) is 3.14. The van der Waals surface area contributed by atoms with Crippen LogP contribution in [0.2, 0.25) is 0 Å². The summed E-state index contributed by atoms with van der Waals surface area (Å²) in [5, 5.41) is 20.6. The fraction of sp³-hybridized carbons (Fsp3) is 0.500. The first kappa shape index (κ1) is 16.4. The van der Waals surface area contributed by atoms with Crippen molar-refractivity contribution < 1.29 is 15.0 Å². The Morgan fingerprint density at radius 3 is 2.50 bits per heavy atom. The lowest BCUT2D eigenvalue weighted by atomic mass is 10.1. The number of hydrogen-bond donors (Lipinski definition) is 4. The molecule has 0 radical (unpaired) electrons. The van der Waals surface area contributed by atoms with Crippen LogP contribution in [-0.4, -0.2) is 53.9 Å². The van der Waals surface area contributed by atoms with Gasteiger partial charge in [0, 0.05) is 37.4 Å². The van der Waals surface area contributed by atoms with E-state index >= 15 is 0 Å². The van der Waals surface area contributed by atoms with Crippen molar-refractivity contribution in [3.63, 3.8) is 0 Å². The average molecular weight is 281 g/mol. The van der Waals surface area contributed by atoms with E-state index in [0.717, 1.165) is 5.56 Å². The minimum absolute atomic E-state index is 0.00987. The molecule has 6 nitrogen and oxygen atoms in total. The number of anilines is 2. The smallest absolute Gasteiger partial charge is 0.225 e. The van der Waals surface area contributed by atoms with Gasteiger partial charge in [-0.2, -0.15) is 0 Å². The van der Waals surface area contributed by atoms with Crippen LogP contribution in [-0.2, 0) is 4.79 Å². The number of benzene rings is 1. The summed E-state index contributed by atoms with van der Waals surface area (Å²) in [7, 11) is 0. The number of nitrogen functional groups attached to an aromatic ring is 1. The van der Waals surface area contributed by atoms with Crippen LogP contribution in [0.15, 0.2) is 18.2 Å². The maximum Gasteiger partial charge on any atom is 0.225 e. The number of carbonyl (C=O) groups is 1. The zero-order valence-electron chi connectivity index (χ0n) is 11.8. The summed E-state index contributed by atoms with van der Waals surface area (Å²) in [6.07, 6.45) is 0.300. The van der Waals surface area contributed by atoms with E-state index in [0.29, 0.717) is 37.4 Å². The van der Waals surface area contributed by atoms with E-state index in [1.165, 1.54) is 0 Å². The van der Waals surface area contributed by atoms with E-state index in [2.05, 4.69) is 5.32 Å². The lowest BCUT2D eigenvalue weighted by Gasteiger charge is -2.19. The highest BCUT2D eigenvalue weighted by Crippen LogP contribution is 2.20. The topological polar surface area (TPSA) is 98.8 Å². The second kappa shape index (κ2) is 8.52. The molecule has 1 aromatic carbocycles. The van der Waals surface area contributed by atoms with Gasteiger partial charge >= 0.3 is 0 Å². The first-order chi connectivity index (χ1) is 9.58. The first-order valence-corrected chi connectivity index (χ1v) is 6.67. The summed E-state index contributed by atoms with van der Waals surface area (Å²) in [6.45, 7) is 3.27. The predicted octanol–water partition coefficient (Wildman–Crippen LogP) is 0.192. The molecule has 0 aliphatic heterocycles. The number of carbonyl (C=O) groups excluding carboxylic acids is 1. The van der Waals surface area contributed by atoms with Crippen LogP contribution in [0.1, 0.15) is 12.0 Å². The van der Waals surface area contributed by atoms with Crippen molar-refractivity contribution in [3.05, 3.63) is 23.8 Å². The Morgan fingerprint density at radius 2 is 1.90 bits per heavy atom. The maximum absolute atomic E-state index is 11.9. The van der Waals surface area contributed by atoms with E-state index in [9.17, 15) is 4.79 Å². The molecule has 0 unspecified atom stereocenters. The van der Waals surface area contributed by atoms with Gasteiger partial charge in [-0.3, -0.25) is 9.69 Å². The zero-order chi connectivity index (χ0) is 15.0. The van der Waals surface area contributed by atoms with E-state index in [4.69, 9.17) is 15.9 Å². The molecule has 0 aliphatic rings. The monoisotopic (exact) mass is 281 g/mol. The van der Waals surface area contributed by atoms with E-state index in [1.54, 1.807) is 12.1 Å². The highest BCUT2D eigenvalue weighted by atomic mass is 16.3. The van der Waals surface area contributed by atoms with Crippen molar-refractivity contribution in [2.24, 2.45) is 0 Å². The summed E-state index contributed by atoms with van der Waals surface area (Å²) < 4.78 is 0. The van der Waals surface area contributed by atoms with Crippen molar-refractivity contribution in [1.82, 2.24) is 4.90 Å². The lowest BCUT2D eigenvalue weighted by Crippen LogP contribution is -2.32. The van der Waals surface area contributed by atoms with Gasteiger partial charge in [-0.05, 0) is 24.6 Å². The number of nitrogens with one attached hydrogen (secondary N) is 1. The van der Waals surface area contributed by atoms with Crippen LogP contribution in [0.25, 0.3) is 0 Å². The fourth-order valence-electron chi connectivity index (χ4n) is 1.88. The molecule has 5 N–H and O–H groups in total. The van der Waals surface area contributed by atoms with Gasteiger partial charge in [0.25, 0.3) is 0 Å². The van der Waals surface area contributed by atoms with Crippen molar-refractivity contribution in [2.45, 2.75) is 13.3 Å². The zero-order valence-corrected chi connectivity index (χ0v) is 11.8. The maximum atomic E-state index is 11.9. The van der Waals surface area contributed by atoms with Gasteiger partial charge in [-0.1, -0.05) is 6.07 Å². The Kier molecular flexibility index (Phi) is 7.00. The van der Waals surface area contributed by atoms with Crippen LogP contribution in [0.4, 0.5) is 11.4 Å². The van der Waals surface area contributed by atoms with Crippen LogP contribution >= 0.6 is 0 Å². The molecule has 1 aromatic rings. The molecule has 6 heteroatoms. The molecular formula is C14H23N3O3. The molecule has 0 bridgehead atoms. The van der Waals surface area contributed by atoms with E-state index in [1.807, 2.05) is 17.9 Å². The van der Waals surface area contributed by atoms with Gasteiger partial charge in [0.1, 0.15) is 0 Å². The lowest BCUT2D eigenvalue weighted by molar-refractivity contribution is -0.116. The molecule has 0 heterocycles. The van der Waals surface area contributed by atoms with E-state index < -0.39 is 0 Å². The SMILES string of the molecule is Cc1c(N)cccc1NC(=O)CCN(CCO)CCO. The molecule has 0 atom stereocenters.